The van der Waals surface area contributed by atoms with E-state index in [1.807, 2.05) is 0 Å². The van der Waals surface area contributed by atoms with E-state index in [0.29, 0.717) is 11.3 Å². The lowest BCUT2D eigenvalue weighted by Crippen LogP contribution is -2.21. The largest absolute Gasteiger partial charge is 0.478 e. The van der Waals surface area contributed by atoms with E-state index in [1.165, 1.54) is 30.6 Å². The van der Waals surface area contributed by atoms with Gasteiger partial charge in [0.15, 0.2) is 0 Å². The molecular formula is C12H11N5O3. The molecule has 0 spiro atoms. The summed E-state index contributed by atoms with van der Waals surface area (Å²) in [4.78, 5) is 26.3. The third kappa shape index (κ3) is 3.25. The highest BCUT2D eigenvalue weighted by molar-refractivity contribution is 5.99. The van der Waals surface area contributed by atoms with Crippen LogP contribution in [0.25, 0.3) is 0 Å². The number of aromatic carboxylic acids is 1. The Labute approximate surface area is 113 Å². The molecule has 3 N–H and O–H groups in total. The van der Waals surface area contributed by atoms with Gasteiger partial charge in [-0.1, -0.05) is 0 Å². The molecule has 8 heteroatoms. The van der Waals surface area contributed by atoms with Crippen LogP contribution in [0.2, 0.25) is 0 Å². The van der Waals surface area contributed by atoms with Crippen molar-refractivity contribution >= 4 is 23.6 Å². The summed E-state index contributed by atoms with van der Waals surface area (Å²) in [5.41, 5.74) is 1.28. The van der Waals surface area contributed by atoms with E-state index in [9.17, 15) is 9.59 Å². The van der Waals surface area contributed by atoms with Crippen molar-refractivity contribution in [2.75, 3.05) is 10.6 Å². The minimum Gasteiger partial charge on any atom is -0.478 e. The first kappa shape index (κ1) is 13.4. The molecule has 0 bridgehead atoms. The fraction of sp³-hybridized carbons (Fsp3) is 0.0833. The van der Waals surface area contributed by atoms with Gasteiger partial charge in [0.1, 0.15) is 0 Å². The van der Waals surface area contributed by atoms with Gasteiger partial charge in [0.25, 0.3) is 5.95 Å². The topological polar surface area (TPSA) is 117 Å². The maximum atomic E-state index is 11.7. The number of urea groups is 1. The molecule has 0 atom stereocenters. The first-order valence-electron chi connectivity index (χ1n) is 5.62. The third-order valence-corrected chi connectivity index (χ3v) is 2.43. The van der Waals surface area contributed by atoms with Crippen molar-refractivity contribution in [2.45, 2.75) is 6.92 Å². The Morgan fingerprint density at radius 2 is 2.00 bits per heavy atom. The molecule has 1 aromatic heterocycles. The number of carboxylic acid groups (broad SMARTS) is 1. The van der Waals surface area contributed by atoms with E-state index in [4.69, 9.17) is 5.11 Å². The van der Waals surface area contributed by atoms with Gasteiger partial charge in [-0.15, -0.1) is 5.10 Å². The molecule has 102 valence electrons. The predicted molar refractivity (Wildman–Crippen MR) is 70.6 cm³/mol. The molecule has 0 saturated heterocycles. The van der Waals surface area contributed by atoms with Crippen molar-refractivity contribution in [1.29, 1.82) is 0 Å². The summed E-state index contributed by atoms with van der Waals surface area (Å²) in [5.74, 6) is -0.947. The second kappa shape index (κ2) is 5.74. The van der Waals surface area contributed by atoms with Crippen LogP contribution in [0.3, 0.4) is 0 Å². The number of hydrogen-bond acceptors (Lipinski definition) is 5. The molecule has 2 amide bonds. The van der Waals surface area contributed by atoms with Gasteiger partial charge in [0, 0.05) is 5.69 Å². The van der Waals surface area contributed by atoms with Gasteiger partial charge in [0.2, 0.25) is 0 Å². The highest BCUT2D eigenvalue weighted by Crippen LogP contribution is 2.16. The molecule has 1 heterocycles. The summed E-state index contributed by atoms with van der Waals surface area (Å²) >= 11 is 0. The summed E-state index contributed by atoms with van der Waals surface area (Å²) in [6.07, 6.45) is 2.79. The van der Waals surface area contributed by atoms with Crippen molar-refractivity contribution in [2.24, 2.45) is 0 Å². The molecule has 0 radical (unpaired) electrons. The second-order valence-corrected chi connectivity index (χ2v) is 3.88. The molecular weight excluding hydrogens is 262 g/mol. The zero-order chi connectivity index (χ0) is 14.5. The van der Waals surface area contributed by atoms with Gasteiger partial charge in [-0.05, 0) is 30.7 Å². The van der Waals surface area contributed by atoms with Gasteiger partial charge in [-0.25, -0.2) is 14.6 Å². The van der Waals surface area contributed by atoms with Crippen LogP contribution in [-0.4, -0.2) is 32.3 Å². The van der Waals surface area contributed by atoms with Crippen LogP contribution in [0.1, 0.15) is 15.9 Å². The minimum absolute atomic E-state index is 0.0739. The first-order chi connectivity index (χ1) is 9.56. The Balaban J connectivity index is 2.06. The minimum atomic E-state index is -1.02. The van der Waals surface area contributed by atoms with Gasteiger partial charge in [0.05, 0.1) is 18.0 Å². The van der Waals surface area contributed by atoms with Crippen molar-refractivity contribution in [1.82, 2.24) is 15.2 Å². The molecule has 2 rings (SSSR count). The van der Waals surface area contributed by atoms with Crippen LogP contribution in [0, 0.1) is 6.92 Å². The smallest absolute Gasteiger partial charge is 0.335 e. The fourth-order valence-electron chi connectivity index (χ4n) is 1.50. The maximum absolute atomic E-state index is 11.7. The van der Waals surface area contributed by atoms with Crippen LogP contribution in [-0.2, 0) is 0 Å². The number of aryl methyl sites for hydroxylation is 1. The lowest BCUT2D eigenvalue weighted by molar-refractivity contribution is 0.0697. The number of rotatable bonds is 3. The fourth-order valence-corrected chi connectivity index (χ4v) is 1.50. The molecule has 0 aliphatic rings. The molecule has 0 fully saturated rings. The van der Waals surface area contributed by atoms with E-state index in [0.717, 1.165) is 0 Å². The summed E-state index contributed by atoms with van der Waals surface area (Å²) in [6.45, 7) is 1.70. The molecule has 2 aromatic rings. The Morgan fingerprint density at radius 3 is 2.60 bits per heavy atom. The average molecular weight is 273 g/mol. The van der Waals surface area contributed by atoms with Crippen LogP contribution < -0.4 is 10.6 Å². The van der Waals surface area contributed by atoms with Gasteiger partial charge < -0.3 is 10.4 Å². The van der Waals surface area contributed by atoms with Crippen LogP contribution >= 0.6 is 0 Å². The second-order valence-electron chi connectivity index (χ2n) is 3.88. The molecule has 8 nitrogen and oxygen atoms in total. The number of nitrogens with zero attached hydrogens (tertiary/aromatic N) is 3. The zero-order valence-electron chi connectivity index (χ0n) is 10.5. The standard InChI is InChI=1S/C12H11N5O3/c1-7-6-8(10(18)19)2-3-9(7)15-12(20)16-11-13-4-5-14-17-11/h2-6H,1H3,(H,18,19)(H2,13,15,16,17,20). The van der Waals surface area contributed by atoms with Gasteiger partial charge >= 0.3 is 12.0 Å². The Bertz CT molecular complexity index is 645. The number of amides is 2. The summed E-state index contributed by atoms with van der Waals surface area (Å²) in [5, 5.41) is 21.0. The number of carbonyl (C=O) groups excluding carboxylic acids is 1. The predicted octanol–water partition coefficient (Wildman–Crippen LogP) is 1.52. The molecule has 0 unspecified atom stereocenters. The van der Waals surface area contributed by atoms with Crippen LogP contribution in [0.15, 0.2) is 30.6 Å². The number of carbonyl (C=O) groups is 2. The van der Waals surface area contributed by atoms with Crippen LogP contribution in [0.4, 0.5) is 16.4 Å². The highest BCUT2D eigenvalue weighted by Gasteiger charge is 2.09. The van der Waals surface area contributed by atoms with Crippen molar-refractivity contribution < 1.29 is 14.7 Å². The number of hydrogen-bond donors (Lipinski definition) is 3. The number of benzene rings is 1. The number of aromatic nitrogens is 3. The Kier molecular flexibility index (Phi) is 3.85. The number of carboxylic acids is 1. The quantitative estimate of drug-likeness (QED) is 0.780. The highest BCUT2D eigenvalue weighted by atomic mass is 16.4. The van der Waals surface area contributed by atoms with E-state index in [-0.39, 0.29) is 11.5 Å². The zero-order valence-corrected chi connectivity index (χ0v) is 10.5. The summed E-state index contributed by atoms with van der Waals surface area (Å²) in [6, 6.07) is 3.86. The molecule has 0 aliphatic carbocycles. The number of nitrogens with one attached hydrogen (secondary N) is 2. The van der Waals surface area contributed by atoms with Crippen LogP contribution in [0.5, 0.6) is 0 Å². The Hall–Kier alpha value is -3.03. The third-order valence-electron chi connectivity index (χ3n) is 2.43. The normalized spacial score (nSPS) is 9.85. The maximum Gasteiger partial charge on any atom is 0.335 e. The monoisotopic (exact) mass is 273 g/mol. The average Bonchev–Trinajstić information content (AvgIpc) is 2.42. The van der Waals surface area contributed by atoms with Gasteiger partial charge in [-0.2, -0.15) is 5.10 Å². The first-order valence-corrected chi connectivity index (χ1v) is 5.62. The molecule has 0 aliphatic heterocycles. The van der Waals surface area contributed by atoms with Crippen molar-refractivity contribution in [3.05, 3.63) is 41.7 Å². The lowest BCUT2D eigenvalue weighted by Gasteiger charge is -2.09. The molecule has 1 aromatic carbocycles. The summed E-state index contributed by atoms with van der Waals surface area (Å²) < 4.78 is 0. The molecule has 0 saturated carbocycles. The Morgan fingerprint density at radius 1 is 1.20 bits per heavy atom. The van der Waals surface area contributed by atoms with Crippen molar-refractivity contribution in [3.63, 3.8) is 0 Å². The molecule has 20 heavy (non-hydrogen) atoms. The number of anilines is 2. The van der Waals surface area contributed by atoms with Gasteiger partial charge in [-0.3, -0.25) is 5.32 Å². The van der Waals surface area contributed by atoms with E-state index in [1.54, 1.807) is 6.92 Å². The lowest BCUT2D eigenvalue weighted by atomic mass is 10.1. The van der Waals surface area contributed by atoms with E-state index >= 15 is 0 Å². The summed E-state index contributed by atoms with van der Waals surface area (Å²) in [7, 11) is 0. The van der Waals surface area contributed by atoms with E-state index in [2.05, 4.69) is 25.8 Å². The van der Waals surface area contributed by atoms with Crippen molar-refractivity contribution in [3.8, 4) is 0 Å². The SMILES string of the molecule is Cc1cc(C(=O)O)ccc1NC(=O)Nc1nccnn1. The van der Waals surface area contributed by atoms with E-state index < -0.39 is 12.0 Å².